The third kappa shape index (κ3) is 1.59. The van der Waals surface area contributed by atoms with E-state index in [1.54, 1.807) is 0 Å². The molecule has 0 saturated carbocycles. The lowest BCUT2D eigenvalue weighted by Gasteiger charge is -2.38. The molecule has 16 heavy (non-hydrogen) atoms. The Bertz CT molecular complexity index is 347. The SMILES string of the molecule is O[C@@H]1OC2(CCNCC2)[C@@H]2C=CC(Br)=C[C@@H]12. The van der Waals surface area contributed by atoms with Crippen LogP contribution in [0, 0.1) is 11.8 Å². The van der Waals surface area contributed by atoms with Gasteiger partial charge < -0.3 is 15.2 Å². The molecule has 0 aromatic rings. The molecule has 2 saturated heterocycles. The molecule has 0 amide bonds. The van der Waals surface area contributed by atoms with Crippen LogP contribution in [0.15, 0.2) is 22.7 Å². The highest BCUT2D eigenvalue weighted by Crippen LogP contribution is 2.48. The molecular formula is C12H16BrNO2. The average molecular weight is 286 g/mol. The van der Waals surface area contributed by atoms with Crippen molar-refractivity contribution < 1.29 is 9.84 Å². The van der Waals surface area contributed by atoms with Gasteiger partial charge in [-0.2, -0.15) is 0 Å². The molecule has 3 rings (SSSR count). The Morgan fingerprint density at radius 2 is 2.19 bits per heavy atom. The van der Waals surface area contributed by atoms with E-state index < -0.39 is 6.29 Å². The summed E-state index contributed by atoms with van der Waals surface area (Å²) in [5.74, 6) is 0.434. The lowest BCUT2D eigenvalue weighted by Crippen LogP contribution is -2.46. The van der Waals surface area contributed by atoms with E-state index >= 15 is 0 Å². The molecule has 0 aromatic carbocycles. The molecule has 0 aromatic heterocycles. The molecular weight excluding hydrogens is 270 g/mol. The van der Waals surface area contributed by atoms with Gasteiger partial charge in [0.1, 0.15) is 0 Å². The second-order valence-corrected chi connectivity index (χ2v) is 5.75. The molecule has 3 aliphatic rings. The molecule has 1 spiro atoms. The van der Waals surface area contributed by atoms with Gasteiger partial charge in [-0.1, -0.05) is 34.2 Å². The fraction of sp³-hybridized carbons (Fsp3) is 0.667. The van der Waals surface area contributed by atoms with E-state index in [9.17, 15) is 5.11 Å². The molecule has 2 heterocycles. The smallest absolute Gasteiger partial charge is 0.162 e. The van der Waals surface area contributed by atoms with Gasteiger partial charge in [-0.05, 0) is 25.9 Å². The quantitative estimate of drug-likeness (QED) is 0.710. The van der Waals surface area contributed by atoms with Crippen molar-refractivity contribution >= 4 is 15.9 Å². The Morgan fingerprint density at radius 1 is 1.44 bits per heavy atom. The summed E-state index contributed by atoms with van der Waals surface area (Å²) in [6.07, 6.45) is 7.66. The van der Waals surface area contributed by atoms with Gasteiger partial charge >= 0.3 is 0 Å². The normalized spacial score (nSPS) is 40.9. The van der Waals surface area contributed by atoms with E-state index in [1.165, 1.54) is 0 Å². The summed E-state index contributed by atoms with van der Waals surface area (Å²) in [5.41, 5.74) is -0.143. The molecule has 0 unspecified atom stereocenters. The van der Waals surface area contributed by atoms with Crippen molar-refractivity contribution in [1.82, 2.24) is 5.32 Å². The monoisotopic (exact) mass is 285 g/mol. The molecule has 4 heteroatoms. The molecule has 2 fully saturated rings. The molecule has 0 radical (unpaired) electrons. The molecule has 1 aliphatic carbocycles. The van der Waals surface area contributed by atoms with Gasteiger partial charge in [0.2, 0.25) is 0 Å². The lowest BCUT2D eigenvalue weighted by molar-refractivity contribution is -0.155. The van der Waals surface area contributed by atoms with Crippen LogP contribution < -0.4 is 5.32 Å². The zero-order valence-electron chi connectivity index (χ0n) is 9.03. The number of piperidine rings is 1. The zero-order chi connectivity index (χ0) is 11.2. The minimum atomic E-state index is -0.652. The number of aliphatic hydroxyl groups excluding tert-OH is 1. The van der Waals surface area contributed by atoms with E-state index in [-0.39, 0.29) is 11.5 Å². The van der Waals surface area contributed by atoms with Gasteiger partial charge in [-0.15, -0.1) is 0 Å². The van der Waals surface area contributed by atoms with Crippen LogP contribution in [0.4, 0.5) is 0 Å². The van der Waals surface area contributed by atoms with Crippen LogP contribution in [0.1, 0.15) is 12.8 Å². The van der Waals surface area contributed by atoms with Crippen LogP contribution in [0.25, 0.3) is 0 Å². The number of fused-ring (bicyclic) bond motifs is 2. The Hall–Kier alpha value is -0.160. The predicted octanol–water partition coefficient (Wildman–Crippen LogP) is 1.54. The Balaban J connectivity index is 1.91. The molecule has 3 nitrogen and oxygen atoms in total. The lowest BCUT2D eigenvalue weighted by atomic mass is 9.74. The first kappa shape index (κ1) is 11.0. The third-order valence-electron chi connectivity index (χ3n) is 3.97. The van der Waals surface area contributed by atoms with Crippen LogP contribution in [0.3, 0.4) is 0 Å². The van der Waals surface area contributed by atoms with E-state index in [2.05, 4.69) is 39.5 Å². The van der Waals surface area contributed by atoms with Crippen molar-refractivity contribution in [3.8, 4) is 0 Å². The zero-order valence-corrected chi connectivity index (χ0v) is 10.6. The Kier molecular flexibility index (Phi) is 2.70. The maximum atomic E-state index is 10.0. The Labute approximate surface area is 104 Å². The summed E-state index contributed by atoms with van der Waals surface area (Å²) in [6, 6.07) is 0. The van der Waals surface area contributed by atoms with E-state index in [4.69, 9.17) is 4.74 Å². The summed E-state index contributed by atoms with van der Waals surface area (Å²) in [4.78, 5) is 0. The van der Waals surface area contributed by atoms with Crippen molar-refractivity contribution in [3.05, 3.63) is 22.7 Å². The van der Waals surface area contributed by atoms with Gasteiger partial charge in [0.05, 0.1) is 5.60 Å². The summed E-state index contributed by atoms with van der Waals surface area (Å²) in [6.45, 7) is 1.96. The number of allylic oxidation sites excluding steroid dienone is 2. The fourth-order valence-electron chi connectivity index (χ4n) is 3.15. The summed E-state index contributed by atoms with van der Waals surface area (Å²) < 4.78 is 6.93. The van der Waals surface area contributed by atoms with Gasteiger partial charge in [0.25, 0.3) is 0 Å². The topological polar surface area (TPSA) is 41.5 Å². The number of halogens is 1. The summed E-state index contributed by atoms with van der Waals surface area (Å²) in [5, 5.41) is 13.4. The molecule has 3 atom stereocenters. The largest absolute Gasteiger partial charge is 0.367 e. The number of aliphatic hydroxyl groups is 1. The van der Waals surface area contributed by atoms with E-state index in [0.29, 0.717) is 5.92 Å². The summed E-state index contributed by atoms with van der Waals surface area (Å²) >= 11 is 3.46. The second kappa shape index (κ2) is 3.95. The third-order valence-corrected chi connectivity index (χ3v) is 4.50. The Morgan fingerprint density at radius 3 is 2.94 bits per heavy atom. The number of ether oxygens (including phenoxy) is 1. The minimum Gasteiger partial charge on any atom is -0.367 e. The standard InChI is InChI=1S/C12H16BrNO2/c13-8-1-2-10-9(7-8)11(15)16-12(10)3-5-14-6-4-12/h1-2,7,9-11,14-15H,3-6H2/t9-,10-,11-/m1/s1. The van der Waals surface area contributed by atoms with Crippen LogP contribution in [0.2, 0.25) is 0 Å². The van der Waals surface area contributed by atoms with Crippen LogP contribution in [-0.4, -0.2) is 30.1 Å². The molecule has 2 N–H and O–H groups in total. The van der Waals surface area contributed by atoms with Gasteiger partial charge in [0.15, 0.2) is 6.29 Å². The number of nitrogens with one attached hydrogen (secondary N) is 1. The maximum absolute atomic E-state index is 10.0. The van der Waals surface area contributed by atoms with Gasteiger partial charge in [-0.3, -0.25) is 0 Å². The first-order chi connectivity index (χ1) is 7.71. The van der Waals surface area contributed by atoms with Crippen LogP contribution >= 0.6 is 15.9 Å². The highest BCUT2D eigenvalue weighted by molar-refractivity contribution is 9.11. The van der Waals surface area contributed by atoms with Crippen molar-refractivity contribution in [2.45, 2.75) is 24.7 Å². The molecule has 88 valence electrons. The molecule has 2 aliphatic heterocycles. The van der Waals surface area contributed by atoms with E-state index in [0.717, 1.165) is 30.4 Å². The predicted molar refractivity (Wildman–Crippen MR) is 65.1 cm³/mol. The number of hydrogen-bond donors (Lipinski definition) is 2. The van der Waals surface area contributed by atoms with Crippen molar-refractivity contribution in [1.29, 1.82) is 0 Å². The van der Waals surface area contributed by atoms with Gasteiger partial charge in [0, 0.05) is 16.3 Å². The highest BCUT2D eigenvalue weighted by Gasteiger charge is 2.53. The van der Waals surface area contributed by atoms with Crippen molar-refractivity contribution in [2.24, 2.45) is 11.8 Å². The second-order valence-electron chi connectivity index (χ2n) is 4.84. The maximum Gasteiger partial charge on any atom is 0.162 e. The number of rotatable bonds is 0. The number of hydrogen-bond acceptors (Lipinski definition) is 3. The fourth-order valence-corrected chi connectivity index (χ4v) is 3.61. The van der Waals surface area contributed by atoms with Crippen molar-refractivity contribution in [3.63, 3.8) is 0 Å². The molecule has 0 bridgehead atoms. The van der Waals surface area contributed by atoms with Crippen molar-refractivity contribution in [2.75, 3.05) is 13.1 Å². The van der Waals surface area contributed by atoms with Gasteiger partial charge in [-0.25, -0.2) is 0 Å². The minimum absolute atomic E-state index is 0.109. The van der Waals surface area contributed by atoms with Crippen LogP contribution in [-0.2, 0) is 4.74 Å². The van der Waals surface area contributed by atoms with E-state index in [1.807, 2.05) is 0 Å². The first-order valence-corrected chi connectivity index (χ1v) is 6.63. The average Bonchev–Trinajstić information content (AvgIpc) is 2.53. The summed E-state index contributed by atoms with van der Waals surface area (Å²) in [7, 11) is 0. The first-order valence-electron chi connectivity index (χ1n) is 5.83. The van der Waals surface area contributed by atoms with Crippen LogP contribution in [0.5, 0.6) is 0 Å². The highest BCUT2D eigenvalue weighted by atomic mass is 79.9.